The molecule has 0 fully saturated rings. The molecule has 0 saturated carbocycles. The van der Waals surface area contributed by atoms with Crippen LogP contribution in [0.5, 0.6) is 11.5 Å². The zero-order valence-electron chi connectivity index (χ0n) is 19.1. The van der Waals surface area contributed by atoms with Gasteiger partial charge in [0.15, 0.2) is 17.1 Å². The van der Waals surface area contributed by atoms with Gasteiger partial charge in [0.25, 0.3) is 5.91 Å². The molecule has 1 aliphatic heterocycles. The van der Waals surface area contributed by atoms with Crippen LogP contribution in [-0.2, 0) is 0 Å². The normalized spacial score (nSPS) is 15.2. The fraction of sp³-hybridized carbons (Fsp3) is 0.320. The summed E-state index contributed by atoms with van der Waals surface area (Å²) in [4.78, 5) is 20.6. The Bertz CT molecular complexity index is 1340. The smallest absolute Gasteiger partial charge is 0.252 e. The quantitative estimate of drug-likeness (QED) is 0.455. The third kappa shape index (κ3) is 4.06. The Morgan fingerprint density at radius 3 is 2.76 bits per heavy atom. The second-order valence-electron chi connectivity index (χ2n) is 8.51. The Morgan fingerprint density at radius 1 is 1.24 bits per heavy atom. The zero-order chi connectivity index (χ0) is 23.1. The van der Waals surface area contributed by atoms with Gasteiger partial charge in [-0.3, -0.25) is 4.79 Å². The number of amides is 1. The molecule has 8 heteroatoms. The lowest BCUT2D eigenvalue weighted by Crippen LogP contribution is -2.40. The molecule has 0 radical (unpaired) electrons. The summed E-state index contributed by atoms with van der Waals surface area (Å²) in [5.41, 5.74) is 3.10. The van der Waals surface area contributed by atoms with Crippen molar-refractivity contribution in [1.29, 1.82) is 0 Å². The first-order valence-electron chi connectivity index (χ1n) is 11.0. The van der Waals surface area contributed by atoms with Crippen molar-refractivity contribution in [3.05, 3.63) is 57.9 Å². The van der Waals surface area contributed by atoms with E-state index in [-0.39, 0.29) is 18.1 Å². The van der Waals surface area contributed by atoms with Crippen LogP contribution in [0.3, 0.4) is 0 Å². The van der Waals surface area contributed by atoms with Gasteiger partial charge in [-0.25, -0.2) is 9.67 Å². The number of hydrogen-bond acceptors (Lipinski definition) is 6. The van der Waals surface area contributed by atoms with Crippen molar-refractivity contribution in [2.45, 2.75) is 39.8 Å². The molecule has 1 atom stereocenters. The summed E-state index contributed by atoms with van der Waals surface area (Å²) in [6.45, 7) is 8.98. The van der Waals surface area contributed by atoms with Crippen LogP contribution in [0.4, 0.5) is 0 Å². The highest BCUT2D eigenvalue weighted by atomic mass is 32.1. The molecule has 1 unspecified atom stereocenters. The van der Waals surface area contributed by atoms with E-state index in [1.807, 2.05) is 35.0 Å². The Balaban J connectivity index is 1.45. The fourth-order valence-electron chi connectivity index (χ4n) is 4.07. The first-order valence-corrected chi connectivity index (χ1v) is 11.8. The highest BCUT2D eigenvalue weighted by Crippen LogP contribution is 2.33. The van der Waals surface area contributed by atoms with Crippen molar-refractivity contribution < 1.29 is 14.3 Å². The molecule has 0 bridgehead atoms. The largest absolute Gasteiger partial charge is 0.486 e. The van der Waals surface area contributed by atoms with Gasteiger partial charge in [0.2, 0.25) is 0 Å². The molecule has 1 amide bonds. The summed E-state index contributed by atoms with van der Waals surface area (Å²) in [5.74, 6) is 1.24. The monoisotopic (exact) mass is 462 g/mol. The van der Waals surface area contributed by atoms with Crippen molar-refractivity contribution in [1.82, 2.24) is 20.1 Å². The van der Waals surface area contributed by atoms with Crippen molar-refractivity contribution >= 4 is 28.3 Å². The van der Waals surface area contributed by atoms with Gasteiger partial charge in [-0.15, -0.1) is 11.3 Å². The topological polar surface area (TPSA) is 78.3 Å². The number of aromatic nitrogens is 3. The third-order valence-corrected chi connectivity index (χ3v) is 6.64. The number of benzene rings is 1. The van der Waals surface area contributed by atoms with E-state index in [4.69, 9.17) is 14.5 Å². The number of carbonyl (C=O) groups is 1. The minimum absolute atomic E-state index is 0.124. The summed E-state index contributed by atoms with van der Waals surface area (Å²) in [6, 6.07) is 11.7. The van der Waals surface area contributed by atoms with Gasteiger partial charge in [0.1, 0.15) is 12.7 Å². The number of ether oxygens (including phenoxy) is 2. The molecule has 33 heavy (non-hydrogen) atoms. The number of rotatable bonds is 5. The molecule has 0 spiro atoms. The maximum Gasteiger partial charge on any atom is 0.252 e. The number of nitrogens with one attached hydrogen (secondary N) is 1. The van der Waals surface area contributed by atoms with E-state index in [1.165, 1.54) is 9.75 Å². The summed E-state index contributed by atoms with van der Waals surface area (Å²) in [6.07, 6.45) is 1.46. The molecule has 1 aromatic carbocycles. The van der Waals surface area contributed by atoms with Crippen molar-refractivity contribution in [2.75, 3.05) is 13.2 Å². The van der Waals surface area contributed by atoms with Crippen LogP contribution < -0.4 is 14.8 Å². The van der Waals surface area contributed by atoms with E-state index in [9.17, 15) is 4.79 Å². The number of para-hydroxylation sites is 2. The number of fused-ring (bicyclic) bond motifs is 2. The number of hydrogen-bond donors (Lipinski definition) is 1. The van der Waals surface area contributed by atoms with Crippen molar-refractivity contribution in [3.63, 3.8) is 0 Å². The Hall–Kier alpha value is -3.39. The number of nitrogens with zero attached hydrogens (tertiary/aromatic N) is 3. The number of thiophene rings is 1. The lowest BCUT2D eigenvalue weighted by molar-refractivity contribution is 0.0790. The average molecular weight is 463 g/mol. The summed E-state index contributed by atoms with van der Waals surface area (Å²) in [7, 11) is 0. The molecule has 7 nitrogen and oxygen atoms in total. The Labute approximate surface area is 196 Å². The van der Waals surface area contributed by atoms with Crippen LogP contribution in [-0.4, -0.2) is 39.9 Å². The van der Waals surface area contributed by atoms with Gasteiger partial charge in [0, 0.05) is 21.4 Å². The first kappa shape index (κ1) is 21.5. The average Bonchev–Trinajstić information content (AvgIpc) is 3.39. The van der Waals surface area contributed by atoms with Gasteiger partial charge in [-0.1, -0.05) is 12.1 Å². The molecular weight excluding hydrogens is 436 g/mol. The van der Waals surface area contributed by atoms with E-state index in [2.05, 4.69) is 44.2 Å². The van der Waals surface area contributed by atoms with E-state index in [0.717, 1.165) is 22.4 Å². The van der Waals surface area contributed by atoms with Crippen LogP contribution in [0.1, 0.15) is 40.0 Å². The third-order valence-electron chi connectivity index (χ3n) is 5.68. The molecule has 3 aromatic heterocycles. The summed E-state index contributed by atoms with van der Waals surface area (Å²) in [5, 5.41) is 8.27. The van der Waals surface area contributed by atoms with Crippen LogP contribution in [0.25, 0.3) is 22.3 Å². The summed E-state index contributed by atoms with van der Waals surface area (Å²) >= 11 is 1.73. The van der Waals surface area contributed by atoms with Gasteiger partial charge in [-0.2, -0.15) is 5.10 Å². The molecule has 1 aliphatic rings. The van der Waals surface area contributed by atoms with Crippen molar-refractivity contribution in [2.24, 2.45) is 0 Å². The van der Waals surface area contributed by atoms with Crippen LogP contribution >= 0.6 is 11.3 Å². The number of aryl methyl sites for hydroxylation is 2. The van der Waals surface area contributed by atoms with Crippen LogP contribution in [0.2, 0.25) is 0 Å². The highest BCUT2D eigenvalue weighted by Gasteiger charge is 2.23. The van der Waals surface area contributed by atoms with E-state index in [0.29, 0.717) is 30.1 Å². The molecule has 1 N–H and O–H groups in total. The van der Waals surface area contributed by atoms with Gasteiger partial charge >= 0.3 is 0 Å². The summed E-state index contributed by atoms with van der Waals surface area (Å²) < 4.78 is 13.6. The van der Waals surface area contributed by atoms with E-state index >= 15 is 0 Å². The molecule has 4 heterocycles. The first-order chi connectivity index (χ1) is 15.9. The maximum atomic E-state index is 13.3. The maximum absolute atomic E-state index is 13.3. The lowest BCUT2D eigenvalue weighted by Gasteiger charge is -2.26. The molecule has 170 valence electrons. The van der Waals surface area contributed by atoms with Crippen LogP contribution in [0, 0.1) is 13.8 Å². The SMILES string of the molecule is Cc1cc(-c2cc(C(=O)NCC3COc4ccccc4O3)c3cnn(C(C)C)c3n2)c(C)s1. The van der Waals surface area contributed by atoms with E-state index < -0.39 is 0 Å². The minimum atomic E-state index is -0.263. The second kappa shape index (κ2) is 8.51. The van der Waals surface area contributed by atoms with Gasteiger partial charge < -0.3 is 14.8 Å². The van der Waals surface area contributed by atoms with Crippen LogP contribution in [0.15, 0.2) is 42.6 Å². The predicted octanol–water partition coefficient (Wildman–Crippen LogP) is 4.93. The minimum Gasteiger partial charge on any atom is -0.486 e. The second-order valence-corrected chi connectivity index (χ2v) is 9.97. The number of pyridine rings is 1. The fourth-order valence-corrected chi connectivity index (χ4v) is 5.01. The Morgan fingerprint density at radius 2 is 2.03 bits per heavy atom. The Kier molecular flexibility index (Phi) is 5.54. The molecule has 0 saturated heterocycles. The zero-order valence-corrected chi connectivity index (χ0v) is 19.9. The van der Waals surface area contributed by atoms with Gasteiger partial charge in [0.05, 0.1) is 29.4 Å². The predicted molar refractivity (Wildman–Crippen MR) is 129 cm³/mol. The number of carbonyl (C=O) groups excluding carboxylic acids is 1. The molecule has 4 aromatic rings. The highest BCUT2D eigenvalue weighted by molar-refractivity contribution is 7.12. The van der Waals surface area contributed by atoms with Gasteiger partial charge in [-0.05, 0) is 52.0 Å². The molecule has 0 aliphatic carbocycles. The van der Waals surface area contributed by atoms with E-state index in [1.54, 1.807) is 17.5 Å². The lowest BCUT2D eigenvalue weighted by atomic mass is 10.1. The molecular formula is C25H26N4O3S. The van der Waals surface area contributed by atoms with Crippen molar-refractivity contribution in [3.8, 4) is 22.8 Å². The standard InChI is InChI=1S/C25H26N4O3S/c1-14(2)29-24-20(12-27-29)19(10-21(28-24)18-9-15(3)33-16(18)4)25(30)26-11-17-13-31-22-7-5-6-8-23(22)32-17/h5-10,12,14,17H,11,13H2,1-4H3,(H,26,30). The molecule has 5 rings (SSSR count).